The van der Waals surface area contributed by atoms with Gasteiger partial charge in [-0.25, -0.2) is 8.78 Å². The maximum atomic E-state index is 13.2. The Morgan fingerprint density at radius 3 is 1.69 bits per heavy atom. The van der Waals surface area contributed by atoms with Gasteiger partial charge in [0.2, 0.25) is 0 Å². The van der Waals surface area contributed by atoms with E-state index in [0.717, 1.165) is 5.56 Å². The molecule has 0 unspecified atom stereocenters. The number of halogens is 2. The second-order valence-electron chi connectivity index (χ2n) is 6.60. The lowest BCUT2D eigenvalue weighted by molar-refractivity contribution is -0.115. The van der Waals surface area contributed by atoms with Crippen LogP contribution in [0.3, 0.4) is 0 Å². The van der Waals surface area contributed by atoms with Crippen molar-refractivity contribution in [3.63, 3.8) is 0 Å². The molecular weight excluding hydrogens is 374 g/mol. The number of hydrogen-bond acceptors (Lipinski definition) is 3. The number of ether oxygens (including phenoxy) is 2. The van der Waals surface area contributed by atoms with E-state index in [1.807, 2.05) is 13.0 Å². The van der Waals surface area contributed by atoms with Gasteiger partial charge in [-0.3, -0.25) is 4.79 Å². The first kappa shape index (κ1) is 18.6. The third-order valence-corrected chi connectivity index (χ3v) is 4.32. The van der Waals surface area contributed by atoms with Gasteiger partial charge in [0.1, 0.15) is 11.6 Å². The molecule has 0 bridgehead atoms. The average molecular weight is 390 g/mol. The molecule has 1 heterocycles. The average Bonchev–Trinajstić information content (AvgIpc) is 2.82. The number of carbonyl (C=O) groups is 1. The van der Waals surface area contributed by atoms with Crippen LogP contribution in [-0.4, -0.2) is 5.78 Å². The molecule has 0 spiro atoms. The lowest BCUT2D eigenvalue weighted by atomic mass is 10.1. The number of ketones is 1. The largest absolute Gasteiger partial charge is 0.449 e. The molecule has 3 aromatic rings. The van der Waals surface area contributed by atoms with E-state index < -0.39 is 5.78 Å². The SMILES string of the molecule is Cc1ccc2c(c1)O/C(=C\c1ccc(F)cc1)C(=O)/C(=C/c1ccc(F)cc1)O2. The Hall–Kier alpha value is -3.73. The molecule has 3 nitrogen and oxygen atoms in total. The van der Waals surface area contributed by atoms with Crippen LogP contribution in [0.15, 0.2) is 78.2 Å². The highest BCUT2D eigenvalue weighted by atomic mass is 19.1. The summed E-state index contributed by atoms with van der Waals surface area (Å²) in [6, 6.07) is 16.7. The van der Waals surface area contributed by atoms with E-state index in [2.05, 4.69) is 0 Å². The molecule has 0 saturated carbocycles. The summed E-state index contributed by atoms with van der Waals surface area (Å²) in [6.45, 7) is 1.90. The van der Waals surface area contributed by atoms with Crippen LogP contribution in [0.1, 0.15) is 16.7 Å². The van der Waals surface area contributed by atoms with E-state index in [-0.39, 0.29) is 23.2 Å². The first-order chi connectivity index (χ1) is 14.0. The normalized spacial score (nSPS) is 16.2. The monoisotopic (exact) mass is 390 g/mol. The molecule has 0 N–H and O–H groups in total. The van der Waals surface area contributed by atoms with Crippen LogP contribution in [0.2, 0.25) is 0 Å². The first-order valence-corrected chi connectivity index (χ1v) is 8.93. The van der Waals surface area contributed by atoms with Crippen molar-refractivity contribution in [1.82, 2.24) is 0 Å². The third-order valence-electron chi connectivity index (χ3n) is 4.32. The minimum absolute atomic E-state index is 0.0348. The summed E-state index contributed by atoms with van der Waals surface area (Å²) in [5, 5.41) is 0. The summed E-state index contributed by atoms with van der Waals surface area (Å²) < 4.78 is 38.1. The van der Waals surface area contributed by atoms with E-state index in [4.69, 9.17) is 9.47 Å². The number of fused-ring (bicyclic) bond motifs is 1. The highest BCUT2D eigenvalue weighted by Crippen LogP contribution is 2.36. The molecule has 0 radical (unpaired) electrons. The molecule has 5 heteroatoms. The van der Waals surface area contributed by atoms with Gasteiger partial charge in [-0.05, 0) is 72.2 Å². The Kier molecular flexibility index (Phi) is 4.96. The quantitative estimate of drug-likeness (QED) is 0.527. The van der Waals surface area contributed by atoms with Crippen LogP contribution in [0, 0.1) is 18.6 Å². The Labute approximate surface area is 166 Å². The predicted octanol–water partition coefficient (Wildman–Crippen LogP) is 5.70. The first-order valence-electron chi connectivity index (χ1n) is 8.93. The molecule has 0 aromatic heterocycles. The summed E-state index contributed by atoms with van der Waals surface area (Å²) in [7, 11) is 0. The predicted molar refractivity (Wildman–Crippen MR) is 106 cm³/mol. The van der Waals surface area contributed by atoms with Gasteiger partial charge < -0.3 is 9.47 Å². The fraction of sp³-hybridized carbons (Fsp3) is 0.0417. The van der Waals surface area contributed by atoms with Gasteiger partial charge in [0.25, 0.3) is 5.78 Å². The van der Waals surface area contributed by atoms with Crippen molar-refractivity contribution in [2.45, 2.75) is 6.92 Å². The maximum absolute atomic E-state index is 13.2. The second-order valence-corrected chi connectivity index (χ2v) is 6.60. The molecule has 3 aromatic carbocycles. The summed E-state index contributed by atoms with van der Waals surface area (Å²) in [5.41, 5.74) is 2.14. The number of hydrogen-bond donors (Lipinski definition) is 0. The van der Waals surface area contributed by atoms with Crippen molar-refractivity contribution in [1.29, 1.82) is 0 Å². The molecule has 144 valence electrons. The van der Waals surface area contributed by atoms with Crippen molar-refractivity contribution in [3.8, 4) is 11.5 Å². The van der Waals surface area contributed by atoms with Crippen LogP contribution < -0.4 is 9.47 Å². The summed E-state index contributed by atoms with van der Waals surface area (Å²) in [5.74, 6) is -0.369. The summed E-state index contributed by atoms with van der Waals surface area (Å²) in [4.78, 5) is 13.1. The summed E-state index contributed by atoms with van der Waals surface area (Å²) >= 11 is 0. The smallest absolute Gasteiger partial charge is 0.263 e. The van der Waals surface area contributed by atoms with Crippen LogP contribution in [0.5, 0.6) is 11.5 Å². The van der Waals surface area contributed by atoms with E-state index >= 15 is 0 Å². The molecule has 0 fully saturated rings. The molecule has 0 atom stereocenters. The standard InChI is InChI=1S/C24H16F2O3/c1-15-2-11-20-21(12-15)29-23(14-17-5-9-19(26)10-6-17)24(27)22(28-20)13-16-3-7-18(25)8-4-16/h2-14H,1H3/b22-13-,23-14-. The third kappa shape index (κ3) is 4.24. The minimum atomic E-state index is -0.479. The van der Waals surface area contributed by atoms with Crippen molar-refractivity contribution in [2.24, 2.45) is 0 Å². The fourth-order valence-electron chi connectivity index (χ4n) is 2.84. The van der Waals surface area contributed by atoms with Crippen molar-refractivity contribution >= 4 is 17.9 Å². The highest BCUT2D eigenvalue weighted by molar-refractivity contribution is 6.11. The highest BCUT2D eigenvalue weighted by Gasteiger charge is 2.26. The van der Waals surface area contributed by atoms with Gasteiger partial charge in [0, 0.05) is 0 Å². The molecule has 0 aliphatic carbocycles. The zero-order valence-electron chi connectivity index (χ0n) is 15.5. The maximum Gasteiger partial charge on any atom is 0.263 e. The molecule has 29 heavy (non-hydrogen) atoms. The summed E-state index contributed by atoms with van der Waals surface area (Å²) in [6.07, 6.45) is 3.06. The van der Waals surface area contributed by atoms with Crippen LogP contribution in [0.4, 0.5) is 8.78 Å². The van der Waals surface area contributed by atoms with Crippen LogP contribution >= 0.6 is 0 Å². The second kappa shape index (κ2) is 7.72. The molecule has 1 aliphatic rings. The van der Waals surface area contributed by atoms with Crippen LogP contribution in [0.25, 0.3) is 12.2 Å². The molecule has 0 saturated heterocycles. The zero-order chi connectivity index (χ0) is 20.4. The topological polar surface area (TPSA) is 35.5 Å². The van der Waals surface area contributed by atoms with Gasteiger partial charge in [-0.15, -0.1) is 0 Å². The molecular formula is C24H16F2O3. The van der Waals surface area contributed by atoms with Crippen molar-refractivity contribution in [2.75, 3.05) is 0 Å². The Balaban J connectivity index is 1.81. The molecule has 0 amide bonds. The van der Waals surface area contributed by atoms with E-state index in [1.54, 1.807) is 36.4 Å². The number of rotatable bonds is 2. The number of carbonyl (C=O) groups excluding carboxylic acids is 1. The van der Waals surface area contributed by atoms with Crippen LogP contribution in [-0.2, 0) is 4.79 Å². The molecule has 1 aliphatic heterocycles. The van der Waals surface area contributed by atoms with Gasteiger partial charge in [-0.2, -0.15) is 0 Å². The van der Waals surface area contributed by atoms with Gasteiger partial charge in [-0.1, -0.05) is 30.3 Å². The Morgan fingerprint density at radius 2 is 1.17 bits per heavy atom. The Morgan fingerprint density at radius 1 is 0.690 bits per heavy atom. The lowest BCUT2D eigenvalue weighted by Gasteiger charge is -2.07. The van der Waals surface area contributed by atoms with Crippen molar-refractivity contribution < 1.29 is 23.0 Å². The molecule has 4 rings (SSSR count). The minimum Gasteiger partial charge on any atom is -0.449 e. The van der Waals surface area contributed by atoms with E-state index in [0.29, 0.717) is 22.6 Å². The lowest BCUT2D eigenvalue weighted by Crippen LogP contribution is -2.12. The number of benzene rings is 3. The van der Waals surface area contributed by atoms with Crippen molar-refractivity contribution in [3.05, 3.63) is 107 Å². The fourth-order valence-corrected chi connectivity index (χ4v) is 2.84. The number of Topliss-reactive ketones (excluding diaryl/α,β-unsaturated/α-hetero) is 1. The van der Waals surface area contributed by atoms with E-state index in [1.165, 1.54) is 36.4 Å². The number of aryl methyl sites for hydroxylation is 1. The Bertz CT molecular complexity index is 1130. The van der Waals surface area contributed by atoms with Gasteiger partial charge >= 0.3 is 0 Å². The van der Waals surface area contributed by atoms with Gasteiger partial charge in [0.05, 0.1) is 0 Å². The zero-order valence-corrected chi connectivity index (χ0v) is 15.5. The van der Waals surface area contributed by atoms with E-state index in [9.17, 15) is 13.6 Å². The van der Waals surface area contributed by atoms with Gasteiger partial charge in [0.15, 0.2) is 23.0 Å².